The number of imidazole rings is 1. The maximum absolute atomic E-state index is 13.5. The summed E-state index contributed by atoms with van der Waals surface area (Å²) in [7, 11) is -4.13. The number of rotatable bonds is 4. The van der Waals surface area contributed by atoms with Crippen molar-refractivity contribution < 1.29 is 13.2 Å². The molecule has 1 amide bonds. The molecule has 0 spiro atoms. The summed E-state index contributed by atoms with van der Waals surface area (Å²) in [4.78, 5) is 19.4. The number of nitrogens with zero attached hydrogens (tertiary/aromatic N) is 1. The fourth-order valence-electron chi connectivity index (χ4n) is 2.97. The van der Waals surface area contributed by atoms with E-state index >= 15 is 0 Å². The standard InChI is InChI=1S/C20H15N3O3S2/c24-19(16-12-7-13-17-18(16)22-20(27)21-17)23(14-8-3-1-4-9-14)28(25,26)15-10-5-2-6-11-15/h1-13H,(H2,21,22,27). The number of sulfonamides is 1. The molecule has 8 heteroatoms. The Morgan fingerprint density at radius 3 is 2.14 bits per heavy atom. The molecule has 1 aromatic heterocycles. The predicted molar refractivity (Wildman–Crippen MR) is 110 cm³/mol. The lowest BCUT2D eigenvalue weighted by Crippen LogP contribution is -2.37. The zero-order valence-corrected chi connectivity index (χ0v) is 16.1. The van der Waals surface area contributed by atoms with Crippen LogP contribution < -0.4 is 4.31 Å². The molecule has 28 heavy (non-hydrogen) atoms. The minimum absolute atomic E-state index is 0.0291. The van der Waals surface area contributed by atoms with Crippen molar-refractivity contribution in [2.45, 2.75) is 4.90 Å². The SMILES string of the molecule is O=C(c1cccc2[nH]c(=S)[nH]c12)N(c1ccccc1)S(=O)(=O)c1ccccc1. The Morgan fingerprint density at radius 1 is 0.821 bits per heavy atom. The lowest BCUT2D eigenvalue weighted by atomic mass is 10.1. The maximum Gasteiger partial charge on any atom is 0.274 e. The van der Waals surface area contributed by atoms with Gasteiger partial charge in [-0.15, -0.1) is 0 Å². The van der Waals surface area contributed by atoms with Gasteiger partial charge in [0, 0.05) is 0 Å². The predicted octanol–water partition coefficient (Wildman–Crippen LogP) is 4.26. The average molecular weight is 409 g/mol. The van der Waals surface area contributed by atoms with Crippen LogP contribution in [0.5, 0.6) is 0 Å². The van der Waals surface area contributed by atoms with Crippen molar-refractivity contribution in [1.82, 2.24) is 9.97 Å². The highest BCUT2D eigenvalue weighted by Gasteiger charge is 2.32. The number of nitrogens with one attached hydrogen (secondary N) is 2. The van der Waals surface area contributed by atoms with Crippen molar-refractivity contribution in [3.05, 3.63) is 89.2 Å². The van der Waals surface area contributed by atoms with Gasteiger partial charge in [0.2, 0.25) is 0 Å². The van der Waals surface area contributed by atoms with Gasteiger partial charge in [-0.2, -0.15) is 4.31 Å². The van der Waals surface area contributed by atoms with Gasteiger partial charge >= 0.3 is 0 Å². The highest BCUT2D eigenvalue weighted by molar-refractivity contribution is 7.93. The van der Waals surface area contributed by atoms with Crippen LogP contribution in [0.2, 0.25) is 0 Å². The number of carbonyl (C=O) groups excluding carboxylic acids is 1. The fourth-order valence-corrected chi connectivity index (χ4v) is 4.61. The van der Waals surface area contributed by atoms with E-state index in [0.717, 1.165) is 4.31 Å². The quantitative estimate of drug-likeness (QED) is 0.493. The molecule has 0 aliphatic rings. The lowest BCUT2D eigenvalue weighted by Gasteiger charge is -2.23. The van der Waals surface area contributed by atoms with Crippen LogP contribution in [0.15, 0.2) is 83.8 Å². The minimum Gasteiger partial charge on any atom is -0.331 e. The van der Waals surface area contributed by atoms with E-state index in [1.165, 1.54) is 12.1 Å². The molecule has 0 bridgehead atoms. The Hall–Kier alpha value is -3.23. The van der Waals surface area contributed by atoms with Gasteiger partial charge in [-0.25, -0.2) is 8.42 Å². The minimum atomic E-state index is -4.13. The average Bonchev–Trinajstić information content (AvgIpc) is 3.09. The Kier molecular flexibility index (Phi) is 4.58. The molecule has 0 aliphatic heterocycles. The van der Waals surface area contributed by atoms with E-state index in [2.05, 4.69) is 9.97 Å². The number of hydrogen-bond donors (Lipinski definition) is 2. The highest BCUT2D eigenvalue weighted by atomic mass is 32.2. The van der Waals surface area contributed by atoms with Gasteiger partial charge < -0.3 is 9.97 Å². The van der Waals surface area contributed by atoms with E-state index in [-0.39, 0.29) is 16.1 Å². The molecular weight excluding hydrogens is 394 g/mol. The molecule has 0 saturated carbocycles. The Balaban J connectivity index is 1.94. The van der Waals surface area contributed by atoms with Crippen LogP contribution in [-0.2, 0) is 10.0 Å². The molecule has 4 rings (SSSR count). The second-order valence-corrected chi connectivity index (χ2v) is 8.23. The van der Waals surface area contributed by atoms with E-state index < -0.39 is 15.9 Å². The van der Waals surface area contributed by atoms with Crippen LogP contribution in [0.1, 0.15) is 10.4 Å². The zero-order valence-electron chi connectivity index (χ0n) is 14.5. The molecule has 140 valence electrons. The number of anilines is 1. The topological polar surface area (TPSA) is 86.0 Å². The van der Waals surface area contributed by atoms with Crippen LogP contribution in [0.4, 0.5) is 5.69 Å². The largest absolute Gasteiger partial charge is 0.331 e. The molecule has 3 aromatic carbocycles. The monoisotopic (exact) mass is 409 g/mol. The Morgan fingerprint density at radius 2 is 1.46 bits per heavy atom. The molecule has 4 aromatic rings. The maximum atomic E-state index is 13.5. The number of aromatic amines is 2. The molecule has 2 N–H and O–H groups in total. The van der Waals surface area contributed by atoms with Gasteiger partial charge in [-0.05, 0) is 48.6 Å². The molecule has 0 fully saturated rings. The summed E-state index contributed by atoms with van der Waals surface area (Å²) in [5.74, 6) is -0.675. The van der Waals surface area contributed by atoms with E-state index in [1.807, 2.05) is 0 Å². The molecule has 0 radical (unpaired) electrons. The van der Waals surface area contributed by atoms with E-state index in [1.54, 1.807) is 66.7 Å². The van der Waals surface area contributed by atoms with Crippen LogP contribution in [0.3, 0.4) is 0 Å². The summed E-state index contributed by atoms with van der Waals surface area (Å²) < 4.78 is 27.9. The fraction of sp³-hybridized carbons (Fsp3) is 0. The summed E-state index contributed by atoms with van der Waals surface area (Å²) >= 11 is 5.11. The van der Waals surface area contributed by atoms with Gasteiger partial charge in [0.25, 0.3) is 15.9 Å². The number of carbonyl (C=O) groups is 1. The molecule has 0 saturated heterocycles. The number of hydrogen-bond acceptors (Lipinski definition) is 4. The zero-order chi connectivity index (χ0) is 19.7. The van der Waals surface area contributed by atoms with Gasteiger partial charge in [-0.3, -0.25) is 4.79 Å². The van der Waals surface area contributed by atoms with E-state index in [4.69, 9.17) is 12.2 Å². The first-order chi connectivity index (χ1) is 13.5. The summed E-state index contributed by atoms with van der Waals surface area (Å²) in [5, 5.41) is 0. The van der Waals surface area contributed by atoms with Crippen LogP contribution in [0.25, 0.3) is 11.0 Å². The van der Waals surface area contributed by atoms with Gasteiger partial charge in [0.1, 0.15) is 0 Å². The third-order valence-electron chi connectivity index (χ3n) is 4.24. The first-order valence-electron chi connectivity index (χ1n) is 8.39. The number of benzene rings is 3. The first-order valence-corrected chi connectivity index (χ1v) is 10.2. The molecule has 6 nitrogen and oxygen atoms in total. The first kappa shape index (κ1) is 18.1. The smallest absolute Gasteiger partial charge is 0.274 e. The normalized spacial score (nSPS) is 11.4. The third-order valence-corrected chi connectivity index (χ3v) is 6.17. The molecule has 0 unspecified atom stereocenters. The lowest BCUT2D eigenvalue weighted by molar-refractivity contribution is 0.101. The van der Waals surface area contributed by atoms with Crippen LogP contribution >= 0.6 is 12.2 Å². The number of fused-ring (bicyclic) bond motifs is 1. The van der Waals surface area contributed by atoms with Crippen molar-refractivity contribution in [3.8, 4) is 0 Å². The second kappa shape index (κ2) is 7.06. The Labute approximate surface area is 166 Å². The number of aromatic nitrogens is 2. The van der Waals surface area contributed by atoms with Crippen molar-refractivity contribution in [1.29, 1.82) is 0 Å². The third kappa shape index (κ3) is 3.12. The van der Waals surface area contributed by atoms with Crippen molar-refractivity contribution in [2.75, 3.05) is 4.31 Å². The summed E-state index contributed by atoms with van der Waals surface area (Å²) in [6.45, 7) is 0. The van der Waals surface area contributed by atoms with E-state index in [0.29, 0.717) is 15.8 Å². The molecule has 0 aliphatic carbocycles. The van der Waals surface area contributed by atoms with Gasteiger partial charge in [-0.1, -0.05) is 42.5 Å². The van der Waals surface area contributed by atoms with Gasteiger partial charge in [0.15, 0.2) is 4.77 Å². The molecule has 0 atom stereocenters. The van der Waals surface area contributed by atoms with Crippen molar-refractivity contribution >= 4 is 44.9 Å². The summed E-state index contributed by atoms with van der Waals surface area (Å²) in [6, 6.07) is 21.2. The number of para-hydroxylation sites is 2. The van der Waals surface area contributed by atoms with Crippen molar-refractivity contribution in [3.63, 3.8) is 0 Å². The highest BCUT2D eigenvalue weighted by Crippen LogP contribution is 2.27. The molecule has 1 heterocycles. The summed E-state index contributed by atoms with van der Waals surface area (Å²) in [5.41, 5.74) is 1.54. The molecular formula is C20H15N3O3S2. The summed E-state index contributed by atoms with van der Waals surface area (Å²) in [6.07, 6.45) is 0. The van der Waals surface area contributed by atoms with E-state index in [9.17, 15) is 13.2 Å². The van der Waals surface area contributed by atoms with Crippen LogP contribution in [-0.4, -0.2) is 24.3 Å². The number of amides is 1. The van der Waals surface area contributed by atoms with Gasteiger partial charge in [0.05, 0.1) is 27.2 Å². The van der Waals surface area contributed by atoms with Crippen molar-refractivity contribution in [2.24, 2.45) is 0 Å². The number of H-pyrrole nitrogens is 2. The van der Waals surface area contributed by atoms with Crippen LogP contribution in [0, 0.1) is 4.77 Å². The Bertz CT molecular complexity index is 1310. The second-order valence-electron chi connectivity index (χ2n) is 6.03.